The first-order valence-electron chi connectivity index (χ1n) is 9.38. The molecule has 0 aliphatic heterocycles. The first kappa shape index (κ1) is 22.7. The summed E-state index contributed by atoms with van der Waals surface area (Å²) in [5.74, 6) is 6.58. The Morgan fingerprint density at radius 2 is 1.70 bits per heavy atom. The number of hydrogen-bond donors (Lipinski definition) is 1. The number of rotatable bonds is 5. The average Bonchev–Trinajstić information content (AvgIpc) is 2.56. The Hall–Kier alpha value is -2.37. The van der Waals surface area contributed by atoms with Crippen molar-refractivity contribution < 1.29 is 9.90 Å². The number of carbonyl (C=O) groups is 1. The van der Waals surface area contributed by atoms with E-state index in [2.05, 4.69) is 32.6 Å². The van der Waals surface area contributed by atoms with Gasteiger partial charge in [0, 0.05) is 11.0 Å². The molecule has 0 heterocycles. The number of aldehydes is 1. The van der Waals surface area contributed by atoms with Crippen LogP contribution in [0.1, 0.15) is 54.4 Å². The molecule has 144 valence electrons. The van der Waals surface area contributed by atoms with Crippen molar-refractivity contribution in [2.24, 2.45) is 5.41 Å². The summed E-state index contributed by atoms with van der Waals surface area (Å²) in [5, 5.41) is 9.96. The van der Waals surface area contributed by atoms with E-state index in [9.17, 15) is 9.90 Å². The molecule has 1 rings (SSSR count). The van der Waals surface area contributed by atoms with Gasteiger partial charge in [0.1, 0.15) is 6.29 Å². The minimum Gasteiger partial charge on any atom is -0.393 e. The van der Waals surface area contributed by atoms with E-state index in [1.54, 1.807) is 13.0 Å². The van der Waals surface area contributed by atoms with Crippen molar-refractivity contribution in [3.8, 4) is 11.8 Å². The van der Waals surface area contributed by atoms with Gasteiger partial charge in [-0.15, -0.1) is 0 Å². The number of carbonyl (C=O) groups excluding carboxylic acids is 1. The van der Waals surface area contributed by atoms with E-state index in [4.69, 9.17) is 0 Å². The molecule has 1 aliphatic rings. The van der Waals surface area contributed by atoms with Gasteiger partial charge in [-0.25, -0.2) is 0 Å². The summed E-state index contributed by atoms with van der Waals surface area (Å²) in [7, 11) is 0. The zero-order valence-corrected chi connectivity index (χ0v) is 17.5. The number of allylic oxidation sites excluding steroid dienone is 11. The quantitative estimate of drug-likeness (QED) is 0.297. The molecule has 0 aromatic carbocycles. The molecule has 0 saturated carbocycles. The third kappa shape index (κ3) is 8.24. The van der Waals surface area contributed by atoms with E-state index in [0.717, 1.165) is 35.8 Å². The van der Waals surface area contributed by atoms with Crippen molar-refractivity contribution in [2.75, 3.05) is 0 Å². The van der Waals surface area contributed by atoms with Crippen LogP contribution in [0, 0.1) is 17.3 Å². The minimum atomic E-state index is -0.258. The van der Waals surface area contributed by atoms with E-state index in [1.807, 2.05) is 50.3 Å². The van der Waals surface area contributed by atoms with Gasteiger partial charge < -0.3 is 5.11 Å². The van der Waals surface area contributed by atoms with E-state index in [1.165, 1.54) is 5.57 Å². The molecule has 1 atom stereocenters. The van der Waals surface area contributed by atoms with Crippen molar-refractivity contribution in [1.82, 2.24) is 0 Å². The topological polar surface area (TPSA) is 37.3 Å². The molecular weight excluding hydrogens is 332 g/mol. The molecule has 0 bridgehead atoms. The molecule has 0 saturated heterocycles. The highest BCUT2D eigenvalue weighted by Crippen LogP contribution is 2.39. The third-order valence-electron chi connectivity index (χ3n) is 4.50. The van der Waals surface area contributed by atoms with Gasteiger partial charge in [-0.1, -0.05) is 79.4 Å². The zero-order chi connectivity index (χ0) is 20.4. The molecule has 0 spiro atoms. The van der Waals surface area contributed by atoms with Crippen molar-refractivity contribution in [1.29, 1.82) is 0 Å². The molecule has 0 radical (unpaired) electrons. The lowest BCUT2D eigenvalue weighted by molar-refractivity contribution is -0.104. The largest absolute Gasteiger partial charge is 0.393 e. The summed E-state index contributed by atoms with van der Waals surface area (Å²) < 4.78 is 0. The van der Waals surface area contributed by atoms with E-state index in [0.29, 0.717) is 5.57 Å². The van der Waals surface area contributed by atoms with Gasteiger partial charge in [0.05, 0.1) is 6.10 Å². The lowest BCUT2D eigenvalue weighted by Crippen LogP contribution is -2.28. The molecular formula is C25H32O2. The lowest BCUT2D eigenvalue weighted by atomic mass is 9.72. The maximum Gasteiger partial charge on any atom is 0.145 e. The third-order valence-corrected chi connectivity index (χ3v) is 4.50. The van der Waals surface area contributed by atoms with Gasteiger partial charge in [-0.2, -0.15) is 0 Å². The summed E-state index contributed by atoms with van der Waals surface area (Å²) in [6, 6.07) is 0. The molecule has 0 unspecified atom stereocenters. The second-order valence-corrected chi connectivity index (χ2v) is 7.88. The molecule has 1 aliphatic carbocycles. The van der Waals surface area contributed by atoms with Gasteiger partial charge in [-0.3, -0.25) is 4.79 Å². The Kier molecular flexibility index (Phi) is 8.98. The second kappa shape index (κ2) is 10.7. The SMILES string of the molecule is CC1=C(C#C/C(C)=C/C=C/C(C)=C/C=C/C=C(\C)C=O)C(C)(C)C[C@H](O)C1. The second-order valence-electron chi connectivity index (χ2n) is 7.88. The summed E-state index contributed by atoms with van der Waals surface area (Å²) in [6.07, 6.45) is 15.6. The summed E-state index contributed by atoms with van der Waals surface area (Å²) in [4.78, 5) is 10.5. The van der Waals surface area contributed by atoms with Gasteiger partial charge in [-0.05, 0) is 51.7 Å². The fourth-order valence-corrected chi connectivity index (χ4v) is 3.13. The number of aliphatic hydroxyl groups is 1. The van der Waals surface area contributed by atoms with Crippen LogP contribution in [0.25, 0.3) is 0 Å². The smallest absolute Gasteiger partial charge is 0.145 e. The Balaban J connectivity index is 2.79. The van der Waals surface area contributed by atoms with Crippen LogP contribution in [0.3, 0.4) is 0 Å². The fourth-order valence-electron chi connectivity index (χ4n) is 3.13. The number of hydrogen-bond acceptors (Lipinski definition) is 2. The van der Waals surface area contributed by atoms with Crippen molar-refractivity contribution in [3.05, 3.63) is 70.4 Å². The highest BCUT2D eigenvalue weighted by molar-refractivity contribution is 5.72. The van der Waals surface area contributed by atoms with Crippen LogP contribution in [-0.2, 0) is 4.79 Å². The van der Waals surface area contributed by atoms with E-state index < -0.39 is 0 Å². The normalized spacial score (nSPS) is 21.6. The Labute approximate surface area is 164 Å². The predicted octanol–water partition coefficient (Wildman–Crippen LogP) is 5.64. The Morgan fingerprint density at radius 1 is 1.07 bits per heavy atom. The predicted molar refractivity (Wildman–Crippen MR) is 115 cm³/mol. The standard InChI is InChI=1S/C25H32O2/c1-19(10-7-8-11-21(3)18-26)12-9-13-20(2)14-15-24-22(4)16-23(27)17-25(24,5)6/h7-13,18,23,27H,16-17H2,1-6H3/b8-7+,12-9+,19-10+,20-13+,21-11+/t23-/m1/s1. The lowest BCUT2D eigenvalue weighted by Gasteiger charge is -2.34. The molecule has 0 aromatic heterocycles. The molecule has 27 heavy (non-hydrogen) atoms. The van der Waals surface area contributed by atoms with E-state index in [-0.39, 0.29) is 11.5 Å². The average molecular weight is 365 g/mol. The van der Waals surface area contributed by atoms with Crippen molar-refractivity contribution >= 4 is 6.29 Å². The molecule has 2 nitrogen and oxygen atoms in total. The fraction of sp³-hybridized carbons (Fsp3) is 0.400. The van der Waals surface area contributed by atoms with Crippen molar-refractivity contribution in [3.63, 3.8) is 0 Å². The molecule has 0 aromatic rings. The zero-order valence-electron chi connectivity index (χ0n) is 17.5. The molecule has 1 N–H and O–H groups in total. The maximum atomic E-state index is 10.5. The number of aliphatic hydroxyl groups excluding tert-OH is 1. The Morgan fingerprint density at radius 3 is 2.30 bits per heavy atom. The van der Waals surface area contributed by atoms with Crippen LogP contribution in [0.2, 0.25) is 0 Å². The first-order chi connectivity index (χ1) is 12.7. The van der Waals surface area contributed by atoms with Crippen LogP contribution < -0.4 is 0 Å². The monoisotopic (exact) mass is 364 g/mol. The maximum absolute atomic E-state index is 10.5. The summed E-state index contributed by atoms with van der Waals surface area (Å²) in [5.41, 5.74) is 5.09. The molecule has 0 amide bonds. The van der Waals surface area contributed by atoms with Gasteiger partial charge in [0.25, 0.3) is 0 Å². The summed E-state index contributed by atoms with van der Waals surface area (Å²) in [6.45, 7) is 12.2. The highest BCUT2D eigenvalue weighted by Gasteiger charge is 2.31. The first-order valence-corrected chi connectivity index (χ1v) is 9.38. The van der Waals surface area contributed by atoms with Gasteiger partial charge in [0.2, 0.25) is 0 Å². The molecule has 2 heteroatoms. The van der Waals surface area contributed by atoms with E-state index >= 15 is 0 Å². The highest BCUT2D eigenvalue weighted by atomic mass is 16.3. The van der Waals surface area contributed by atoms with Crippen LogP contribution >= 0.6 is 0 Å². The van der Waals surface area contributed by atoms with Gasteiger partial charge in [0.15, 0.2) is 0 Å². The Bertz CT molecular complexity index is 784. The van der Waals surface area contributed by atoms with Crippen LogP contribution in [-0.4, -0.2) is 17.5 Å². The molecule has 0 fully saturated rings. The van der Waals surface area contributed by atoms with Crippen LogP contribution in [0.4, 0.5) is 0 Å². The van der Waals surface area contributed by atoms with Crippen LogP contribution in [0.5, 0.6) is 0 Å². The minimum absolute atomic E-state index is 0.0762. The summed E-state index contributed by atoms with van der Waals surface area (Å²) >= 11 is 0. The van der Waals surface area contributed by atoms with Gasteiger partial charge >= 0.3 is 0 Å². The van der Waals surface area contributed by atoms with Crippen molar-refractivity contribution in [2.45, 2.75) is 60.5 Å². The van der Waals surface area contributed by atoms with Crippen LogP contribution in [0.15, 0.2) is 70.4 Å².